The van der Waals surface area contributed by atoms with Gasteiger partial charge in [0.2, 0.25) is 0 Å². The van der Waals surface area contributed by atoms with E-state index in [1.807, 2.05) is 0 Å². The van der Waals surface area contributed by atoms with Crippen molar-refractivity contribution in [3.05, 3.63) is 24.3 Å². The van der Waals surface area contributed by atoms with Gasteiger partial charge in [-0.3, -0.25) is 9.59 Å². The molecule has 1 rings (SSSR count). The lowest BCUT2D eigenvalue weighted by atomic mass is 10.2. The molecule has 1 aromatic carbocycles. The zero-order valence-electron chi connectivity index (χ0n) is 10.5. The standard InChI is InChI=1S/C12H12F3NO4/c1-20-9-4-2-3-8(7-9)16(6-5-10(17)18)11(19)12(13,14)15/h2-4,7H,5-6H2,1H3,(H,17,18). The van der Waals surface area contributed by atoms with Crippen LogP contribution in [0.3, 0.4) is 0 Å². The molecule has 1 aromatic rings. The number of halogens is 3. The molecular weight excluding hydrogens is 279 g/mol. The number of benzene rings is 1. The zero-order chi connectivity index (χ0) is 15.3. The molecule has 0 aliphatic carbocycles. The normalized spacial score (nSPS) is 11.0. The van der Waals surface area contributed by atoms with Gasteiger partial charge in [0, 0.05) is 18.3 Å². The van der Waals surface area contributed by atoms with Crippen LogP contribution in [0.25, 0.3) is 0 Å². The van der Waals surface area contributed by atoms with Crippen molar-refractivity contribution in [3.63, 3.8) is 0 Å². The molecule has 5 nitrogen and oxygen atoms in total. The molecule has 0 atom stereocenters. The molecule has 0 radical (unpaired) electrons. The molecule has 0 aromatic heterocycles. The fraction of sp³-hybridized carbons (Fsp3) is 0.333. The van der Waals surface area contributed by atoms with Crippen LogP contribution in [0, 0.1) is 0 Å². The van der Waals surface area contributed by atoms with E-state index in [0.717, 1.165) is 0 Å². The minimum absolute atomic E-state index is 0.0760. The molecular formula is C12H12F3NO4. The van der Waals surface area contributed by atoms with E-state index in [4.69, 9.17) is 9.84 Å². The molecule has 1 amide bonds. The molecule has 0 fully saturated rings. The van der Waals surface area contributed by atoms with Gasteiger partial charge in [-0.25, -0.2) is 0 Å². The van der Waals surface area contributed by atoms with Crippen LogP contribution in [-0.2, 0) is 9.59 Å². The van der Waals surface area contributed by atoms with Gasteiger partial charge in [-0.05, 0) is 12.1 Å². The van der Waals surface area contributed by atoms with Crippen molar-refractivity contribution in [1.82, 2.24) is 0 Å². The number of hydrogen-bond donors (Lipinski definition) is 1. The third-order valence-corrected chi connectivity index (χ3v) is 2.40. The second-order valence-corrected chi connectivity index (χ2v) is 3.80. The molecule has 0 aliphatic heterocycles. The lowest BCUT2D eigenvalue weighted by Gasteiger charge is -2.23. The number of aliphatic carboxylic acids is 1. The number of carboxylic acids is 1. The maximum atomic E-state index is 12.5. The van der Waals surface area contributed by atoms with Crippen LogP contribution >= 0.6 is 0 Å². The maximum absolute atomic E-state index is 12.5. The van der Waals surface area contributed by atoms with Gasteiger partial charge < -0.3 is 14.7 Å². The first-order valence-electron chi connectivity index (χ1n) is 5.50. The van der Waals surface area contributed by atoms with E-state index in [1.54, 1.807) is 0 Å². The molecule has 1 N–H and O–H groups in total. The van der Waals surface area contributed by atoms with E-state index in [2.05, 4.69) is 0 Å². The van der Waals surface area contributed by atoms with Crippen molar-refractivity contribution in [2.45, 2.75) is 12.6 Å². The summed E-state index contributed by atoms with van der Waals surface area (Å²) < 4.78 is 42.4. The van der Waals surface area contributed by atoms with Crippen LogP contribution in [0.15, 0.2) is 24.3 Å². The molecule has 0 heterocycles. The highest BCUT2D eigenvalue weighted by atomic mass is 19.4. The summed E-state index contributed by atoms with van der Waals surface area (Å²) >= 11 is 0. The van der Waals surface area contributed by atoms with Crippen LogP contribution in [-0.4, -0.2) is 36.8 Å². The van der Waals surface area contributed by atoms with Crippen LogP contribution in [0.4, 0.5) is 18.9 Å². The Labute approximate surface area is 112 Å². The average Bonchev–Trinajstić information content (AvgIpc) is 2.37. The number of hydrogen-bond acceptors (Lipinski definition) is 3. The fourth-order valence-corrected chi connectivity index (χ4v) is 1.49. The first kappa shape index (κ1) is 15.8. The quantitative estimate of drug-likeness (QED) is 0.901. The number of carbonyl (C=O) groups is 2. The largest absolute Gasteiger partial charge is 0.497 e. The van der Waals surface area contributed by atoms with Gasteiger partial charge in [0.1, 0.15) is 5.75 Å². The summed E-state index contributed by atoms with van der Waals surface area (Å²) in [5.74, 6) is -3.15. The lowest BCUT2D eigenvalue weighted by molar-refractivity contribution is -0.170. The first-order valence-corrected chi connectivity index (χ1v) is 5.50. The summed E-state index contributed by atoms with van der Waals surface area (Å²) in [6.07, 6.45) is -5.68. The van der Waals surface area contributed by atoms with Gasteiger partial charge in [-0.15, -0.1) is 0 Å². The van der Waals surface area contributed by atoms with Gasteiger partial charge in [-0.2, -0.15) is 13.2 Å². The summed E-state index contributed by atoms with van der Waals surface area (Å²) in [4.78, 5) is 22.2. The van der Waals surface area contributed by atoms with Crippen molar-refractivity contribution in [3.8, 4) is 5.75 Å². The van der Waals surface area contributed by atoms with Gasteiger partial charge in [0.05, 0.1) is 13.5 Å². The van der Waals surface area contributed by atoms with Crippen molar-refractivity contribution in [2.24, 2.45) is 0 Å². The zero-order valence-corrected chi connectivity index (χ0v) is 10.5. The summed E-state index contributed by atoms with van der Waals surface area (Å²) in [6, 6.07) is 5.40. The van der Waals surface area contributed by atoms with E-state index < -0.39 is 31.0 Å². The predicted molar refractivity (Wildman–Crippen MR) is 63.7 cm³/mol. The Hall–Kier alpha value is -2.25. The highest BCUT2D eigenvalue weighted by Crippen LogP contribution is 2.26. The van der Waals surface area contributed by atoms with Crippen LogP contribution in [0.5, 0.6) is 5.75 Å². The average molecular weight is 291 g/mol. The molecule has 110 valence electrons. The minimum Gasteiger partial charge on any atom is -0.497 e. The third-order valence-electron chi connectivity index (χ3n) is 2.40. The highest BCUT2D eigenvalue weighted by Gasteiger charge is 2.43. The molecule has 20 heavy (non-hydrogen) atoms. The van der Waals surface area contributed by atoms with Gasteiger partial charge in [0.25, 0.3) is 0 Å². The molecule has 0 aliphatic rings. The van der Waals surface area contributed by atoms with Crippen LogP contribution < -0.4 is 9.64 Å². The number of ether oxygens (including phenoxy) is 1. The number of carboxylic acid groups (broad SMARTS) is 1. The molecule has 0 spiro atoms. The van der Waals surface area contributed by atoms with Gasteiger partial charge in [-0.1, -0.05) is 6.07 Å². The number of carbonyl (C=O) groups excluding carboxylic acids is 1. The number of alkyl halides is 3. The predicted octanol–water partition coefficient (Wildman–Crippen LogP) is 2.07. The SMILES string of the molecule is COc1cccc(N(CCC(=O)O)C(=O)C(F)(F)F)c1. The number of amides is 1. The van der Waals surface area contributed by atoms with Crippen molar-refractivity contribution in [2.75, 3.05) is 18.6 Å². The first-order chi connectivity index (χ1) is 9.25. The maximum Gasteiger partial charge on any atom is 0.471 e. The Morgan fingerprint density at radius 1 is 1.35 bits per heavy atom. The topological polar surface area (TPSA) is 66.8 Å². The number of nitrogens with zero attached hydrogens (tertiary/aromatic N) is 1. The van der Waals surface area contributed by atoms with Crippen molar-refractivity contribution in [1.29, 1.82) is 0 Å². The van der Waals surface area contributed by atoms with Crippen LogP contribution in [0.2, 0.25) is 0 Å². The van der Waals surface area contributed by atoms with E-state index >= 15 is 0 Å². The van der Waals surface area contributed by atoms with E-state index in [-0.39, 0.29) is 11.4 Å². The second kappa shape index (κ2) is 6.27. The molecule has 0 bridgehead atoms. The molecule has 0 saturated carbocycles. The Bertz CT molecular complexity index is 502. The Kier molecular flexibility index (Phi) is 4.95. The number of anilines is 1. The summed E-state index contributed by atoms with van der Waals surface area (Å²) in [7, 11) is 1.33. The number of rotatable bonds is 5. The van der Waals surface area contributed by atoms with E-state index in [9.17, 15) is 22.8 Å². The van der Waals surface area contributed by atoms with Crippen molar-refractivity contribution >= 4 is 17.6 Å². The van der Waals surface area contributed by atoms with E-state index in [1.165, 1.54) is 31.4 Å². The Morgan fingerprint density at radius 3 is 2.50 bits per heavy atom. The van der Waals surface area contributed by atoms with Gasteiger partial charge in [0.15, 0.2) is 0 Å². The second-order valence-electron chi connectivity index (χ2n) is 3.80. The smallest absolute Gasteiger partial charge is 0.471 e. The Balaban J connectivity index is 3.08. The highest BCUT2D eigenvalue weighted by molar-refractivity contribution is 5.97. The van der Waals surface area contributed by atoms with Gasteiger partial charge >= 0.3 is 18.1 Å². The third kappa shape index (κ3) is 4.15. The Morgan fingerprint density at radius 2 is 2.00 bits per heavy atom. The lowest BCUT2D eigenvalue weighted by Crippen LogP contribution is -2.42. The van der Waals surface area contributed by atoms with E-state index in [0.29, 0.717) is 4.90 Å². The molecule has 0 unspecified atom stereocenters. The van der Waals surface area contributed by atoms with Crippen molar-refractivity contribution < 1.29 is 32.6 Å². The minimum atomic E-state index is -5.08. The summed E-state index contributed by atoms with van der Waals surface area (Å²) in [5, 5.41) is 8.55. The summed E-state index contributed by atoms with van der Waals surface area (Å²) in [6.45, 7) is -0.582. The summed E-state index contributed by atoms with van der Waals surface area (Å²) in [5.41, 5.74) is -0.0760. The fourth-order valence-electron chi connectivity index (χ4n) is 1.49. The van der Waals surface area contributed by atoms with Crippen LogP contribution in [0.1, 0.15) is 6.42 Å². The molecule has 8 heteroatoms. The number of methoxy groups -OCH3 is 1. The molecule has 0 saturated heterocycles. The monoisotopic (exact) mass is 291 g/mol.